The molecule has 28 heavy (non-hydrogen) atoms. The van der Waals surface area contributed by atoms with Gasteiger partial charge in [0.15, 0.2) is 0 Å². The van der Waals surface area contributed by atoms with Crippen LogP contribution in [-0.4, -0.2) is 55.2 Å². The van der Waals surface area contributed by atoms with E-state index in [0.29, 0.717) is 36.9 Å². The first-order valence-electron chi connectivity index (χ1n) is 10.6. The van der Waals surface area contributed by atoms with Crippen molar-refractivity contribution in [2.75, 3.05) is 50.0 Å². The zero-order chi connectivity index (χ0) is 19.1. The average Bonchev–Trinajstić information content (AvgIpc) is 3.10. The molecule has 4 heterocycles. The van der Waals surface area contributed by atoms with E-state index < -0.39 is 0 Å². The number of nitrogens with two attached hydrogens (primary N) is 1. The molecule has 2 aromatic heterocycles. The van der Waals surface area contributed by atoms with Gasteiger partial charge in [0, 0.05) is 31.6 Å². The number of nitrogen functional groups attached to an aromatic ring is 1. The first kappa shape index (κ1) is 18.2. The Hall–Kier alpha value is -1.86. The summed E-state index contributed by atoms with van der Waals surface area (Å²) in [5.41, 5.74) is 9.96. The summed E-state index contributed by atoms with van der Waals surface area (Å²) in [6, 6.07) is 0. The van der Waals surface area contributed by atoms with Crippen LogP contribution in [-0.2, 0) is 17.6 Å². The molecule has 0 aromatic carbocycles. The standard InChI is InChI=1S/C21H28N4O2S/c22-17-16-14-6-2-3-7-15(14)19(24-8-4-1-5-9-24)23-20(16)28-18(17)21(26)25-10-12-27-13-11-25/h1-13,22H2. The summed E-state index contributed by atoms with van der Waals surface area (Å²) in [5, 5.41) is 1.05. The van der Waals surface area contributed by atoms with Gasteiger partial charge < -0.3 is 20.3 Å². The third kappa shape index (κ3) is 3.05. The van der Waals surface area contributed by atoms with Crippen molar-refractivity contribution in [2.45, 2.75) is 44.9 Å². The van der Waals surface area contributed by atoms with Crippen molar-refractivity contribution in [3.8, 4) is 0 Å². The van der Waals surface area contributed by atoms with Crippen LogP contribution in [0.1, 0.15) is 52.9 Å². The first-order chi connectivity index (χ1) is 13.7. The number of amides is 1. The van der Waals surface area contributed by atoms with Gasteiger partial charge in [-0.2, -0.15) is 0 Å². The minimum atomic E-state index is 0.0351. The molecule has 0 radical (unpaired) electrons. The molecule has 3 aliphatic rings. The SMILES string of the molecule is Nc1c(C(=O)N2CCOCC2)sc2nc(N3CCCCC3)c3c(c12)CCCC3. The van der Waals surface area contributed by atoms with Gasteiger partial charge in [-0.3, -0.25) is 4.79 Å². The topological polar surface area (TPSA) is 71.7 Å². The number of rotatable bonds is 2. The number of anilines is 2. The fourth-order valence-corrected chi connectivity index (χ4v) is 5.92. The quantitative estimate of drug-likeness (QED) is 0.838. The fraction of sp³-hybridized carbons (Fsp3) is 0.619. The number of carbonyl (C=O) groups excluding carboxylic acids is 1. The van der Waals surface area contributed by atoms with Gasteiger partial charge in [0.1, 0.15) is 15.5 Å². The van der Waals surface area contributed by atoms with Crippen molar-refractivity contribution in [3.05, 3.63) is 16.0 Å². The summed E-state index contributed by atoms with van der Waals surface area (Å²) in [6.07, 6.45) is 8.31. The van der Waals surface area contributed by atoms with E-state index in [-0.39, 0.29) is 5.91 Å². The molecule has 150 valence electrons. The smallest absolute Gasteiger partial charge is 0.266 e. The normalized spacial score (nSPS) is 20.4. The van der Waals surface area contributed by atoms with E-state index in [1.54, 1.807) is 0 Å². The van der Waals surface area contributed by atoms with E-state index in [4.69, 9.17) is 15.5 Å². The van der Waals surface area contributed by atoms with Gasteiger partial charge in [-0.1, -0.05) is 0 Å². The Morgan fingerprint density at radius 1 is 0.964 bits per heavy atom. The molecule has 0 atom stereocenters. The molecular weight excluding hydrogens is 372 g/mol. The van der Waals surface area contributed by atoms with Crippen LogP contribution in [0.5, 0.6) is 0 Å². The van der Waals surface area contributed by atoms with Gasteiger partial charge in [0.05, 0.1) is 18.9 Å². The number of fused-ring (bicyclic) bond motifs is 3. The Balaban J connectivity index is 1.61. The van der Waals surface area contributed by atoms with Crippen molar-refractivity contribution >= 4 is 39.0 Å². The Morgan fingerprint density at radius 2 is 1.68 bits per heavy atom. The van der Waals surface area contributed by atoms with Crippen LogP contribution in [0.25, 0.3) is 10.2 Å². The van der Waals surface area contributed by atoms with Crippen molar-refractivity contribution < 1.29 is 9.53 Å². The first-order valence-corrected chi connectivity index (χ1v) is 11.4. The van der Waals surface area contributed by atoms with Crippen LogP contribution < -0.4 is 10.6 Å². The van der Waals surface area contributed by atoms with Gasteiger partial charge >= 0.3 is 0 Å². The van der Waals surface area contributed by atoms with Crippen LogP contribution in [0, 0.1) is 0 Å². The minimum Gasteiger partial charge on any atom is -0.397 e. The molecule has 1 aliphatic carbocycles. The van der Waals surface area contributed by atoms with E-state index in [1.807, 2.05) is 4.90 Å². The Labute approximate surface area is 169 Å². The number of piperidine rings is 1. The summed E-state index contributed by atoms with van der Waals surface area (Å²) >= 11 is 1.48. The van der Waals surface area contributed by atoms with Crippen molar-refractivity contribution in [1.29, 1.82) is 0 Å². The molecule has 0 bridgehead atoms. The van der Waals surface area contributed by atoms with E-state index in [2.05, 4.69) is 4.90 Å². The summed E-state index contributed by atoms with van der Waals surface area (Å²) in [7, 11) is 0. The zero-order valence-corrected chi connectivity index (χ0v) is 17.2. The Bertz CT molecular complexity index is 898. The number of nitrogens with zero attached hydrogens (tertiary/aromatic N) is 3. The van der Waals surface area contributed by atoms with Crippen LogP contribution in [0.3, 0.4) is 0 Å². The van der Waals surface area contributed by atoms with Gasteiger partial charge in [-0.15, -0.1) is 11.3 Å². The lowest BCUT2D eigenvalue weighted by molar-refractivity contribution is 0.0307. The predicted octanol–water partition coefficient (Wildman–Crippen LogP) is 3.22. The third-order valence-electron chi connectivity index (χ3n) is 6.32. The molecule has 0 spiro atoms. The lowest BCUT2D eigenvalue weighted by Gasteiger charge is -2.31. The number of pyridine rings is 1. The molecule has 2 saturated heterocycles. The molecule has 2 aromatic rings. The second-order valence-electron chi connectivity index (χ2n) is 8.08. The number of aromatic nitrogens is 1. The van der Waals surface area contributed by atoms with Crippen molar-refractivity contribution in [2.24, 2.45) is 0 Å². The maximum absolute atomic E-state index is 13.1. The molecule has 6 nitrogen and oxygen atoms in total. The van der Waals surface area contributed by atoms with Gasteiger partial charge in [-0.25, -0.2) is 4.98 Å². The highest BCUT2D eigenvalue weighted by atomic mass is 32.1. The molecule has 2 N–H and O–H groups in total. The van der Waals surface area contributed by atoms with E-state index in [0.717, 1.165) is 42.0 Å². The van der Waals surface area contributed by atoms with Crippen LogP contribution in [0.15, 0.2) is 0 Å². The average molecular weight is 401 g/mol. The maximum atomic E-state index is 13.1. The lowest BCUT2D eigenvalue weighted by atomic mass is 9.89. The largest absolute Gasteiger partial charge is 0.397 e. The summed E-state index contributed by atoms with van der Waals surface area (Å²) in [5.74, 6) is 1.20. The molecule has 2 fully saturated rings. The monoisotopic (exact) mass is 400 g/mol. The molecule has 5 rings (SSSR count). The Kier molecular flexibility index (Phi) is 4.88. The van der Waals surface area contributed by atoms with Crippen LogP contribution >= 0.6 is 11.3 Å². The summed E-state index contributed by atoms with van der Waals surface area (Å²) < 4.78 is 5.39. The highest BCUT2D eigenvalue weighted by Crippen LogP contribution is 2.42. The number of hydrogen-bond donors (Lipinski definition) is 1. The number of morpholine rings is 1. The molecule has 0 saturated carbocycles. The number of aryl methyl sites for hydroxylation is 1. The lowest BCUT2D eigenvalue weighted by Crippen LogP contribution is -2.40. The number of thiophene rings is 1. The van der Waals surface area contributed by atoms with E-state index in [1.165, 1.54) is 54.6 Å². The second kappa shape index (κ2) is 7.52. The predicted molar refractivity (Wildman–Crippen MR) is 113 cm³/mol. The highest BCUT2D eigenvalue weighted by Gasteiger charge is 2.29. The second-order valence-corrected chi connectivity index (χ2v) is 9.08. The molecular formula is C21H28N4O2S. The maximum Gasteiger partial charge on any atom is 0.266 e. The number of carbonyl (C=O) groups is 1. The minimum absolute atomic E-state index is 0.0351. The Morgan fingerprint density at radius 3 is 2.43 bits per heavy atom. The van der Waals surface area contributed by atoms with E-state index in [9.17, 15) is 4.79 Å². The number of ether oxygens (including phenoxy) is 1. The van der Waals surface area contributed by atoms with Gasteiger partial charge in [0.25, 0.3) is 5.91 Å². The summed E-state index contributed by atoms with van der Waals surface area (Å²) in [6.45, 7) is 4.65. The van der Waals surface area contributed by atoms with Gasteiger partial charge in [0.2, 0.25) is 0 Å². The molecule has 1 amide bonds. The third-order valence-corrected chi connectivity index (χ3v) is 7.41. The highest BCUT2D eigenvalue weighted by molar-refractivity contribution is 7.21. The molecule has 7 heteroatoms. The molecule has 0 unspecified atom stereocenters. The van der Waals surface area contributed by atoms with E-state index >= 15 is 0 Å². The van der Waals surface area contributed by atoms with Gasteiger partial charge in [-0.05, 0) is 56.1 Å². The molecule has 2 aliphatic heterocycles. The van der Waals surface area contributed by atoms with Crippen molar-refractivity contribution in [1.82, 2.24) is 9.88 Å². The number of hydrogen-bond acceptors (Lipinski definition) is 6. The summed E-state index contributed by atoms with van der Waals surface area (Å²) in [4.78, 5) is 24.1. The van der Waals surface area contributed by atoms with Crippen LogP contribution in [0.2, 0.25) is 0 Å². The van der Waals surface area contributed by atoms with Crippen LogP contribution in [0.4, 0.5) is 11.5 Å². The fourth-order valence-electron chi connectivity index (χ4n) is 4.83. The zero-order valence-electron chi connectivity index (χ0n) is 16.3. The van der Waals surface area contributed by atoms with Crippen molar-refractivity contribution in [3.63, 3.8) is 0 Å².